The second kappa shape index (κ2) is 6.55. The number of ether oxygens (including phenoxy) is 1. The summed E-state index contributed by atoms with van der Waals surface area (Å²) < 4.78 is 5.91. The Labute approximate surface area is 115 Å². The van der Waals surface area contributed by atoms with Gasteiger partial charge >= 0.3 is 0 Å². The smallest absolute Gasteiger partial charge is 0.0954 e. The maximum atomic E-state index is 5.99. The fourth-order valence-corrected chi connectivity index (χ4v) is 2.50. The minimum atomic E-state index is 0.214. The molecular formula is C15H22ClNO. The molecule has 0 bridgehead atoms. The van der Waals surface area contributed by atoms with Gasteiger partial charge in [-0.15, -0.1) is 11.6 Å². The molecule has 2 atom stereocenters. The largest absolute Gasteiger partial charge is 0.372 e. The molecule has 0 N–H and O–H groups in total. The summed E-state index contributed by atoms with van der Waals surface area (Å²) in [5.74, 6) is 0. The predicted octanol–water partition coefficient (Wildman–Crippen LogP) is 3.25. The van der Waals surface area contributed by atoms with Crippen molar-refractivity contribution in [3.05, 3.63) is 35.4 Å². The summed E-state index contributed by atoms with van der Waals surface area (Å²) in [6.45, 7) is 4.84. The van der Waals surface area contributed by atoms with Crippen LogP contribution in [0.1, 0.15) is 30.6 Å². The Kier molecular flexibility index (Phi) is 5.04. The van der Waals surface area contributed by atoms with Gasteiger partial charge in [-0.3, -0.25) is 0 Å². The average Bonchev–Trinajstić information content (AvgIpc) is 2.37. The Morgan fingerprint density at radius 2 is 2.22 bits per heavy atom. The molecule has 1 heterocycles. The zero-order valence-corrected chi connectivity index (χ0v) is 12.0. The summed E-state index contributed by atoms with van der Waals surface area (Å²) >= 11 is 5.99. The maximum absolute atomic E-state index is 5.99. The third-order valence-electron chi connectivity index (χ3n) is 3.48. The van der Waals surface area contributed by atoms with Crippen molar-refractivity contribution in [3.63, 3.8) is 0 Å². The first-order valence-electron chi connectivity index (χ1n) is 6.69. The number of alkyl halides is 1. The lowest BCUT2D eigenvalue weighted by Crippen LogP contribution is -2.30. The topological polar surface area (TPSA) is 12.5 Å². The summed E-state index contributed by atoms with van der Waals surface area (Å²) in [7, 11) is 2.14. The SMILES string of the molecule is CC(Cl)CCN(C)CC1OCCc2ccccc21. The summed E-state index contributed by atoms with van der Waals surface area (Å²) in [5.41, 5.74) is 2.79. The fraction of sp³-hybridized carbons (Fsp3) is 0.600. The Bertz CT molecular complexity index is 381. The molecule has 1 aromatic rings. The molecule has 1 aliphatic rings. The molecule has 100 valence electrons. The van der Waals surface area contributed by atoms with Crippen LogP contribution in [0.3, 0.4) is 0 Å². The van der Waals surface area contributed by atoms with Gasteiger partial charge in [-0.05, 0) is 44.5 Å². The quantitative estimate of drug-likeness (QED) is 0.760. The van der Waals surface area contributed by atoms with Crippen LogP contribution in [0.2, 0.25) is 0 Å². The number of halogens is 1. The number of fused-ring (bicyclic) bond motifs is 1. The van der Waals surface area contributed by atoms with Crippen LogP contribution in [-0.2, 0) is 11.2 Å². The molecule has 0 saturated carbocycles. The molecule has 0 amide bonds. The first kappa shape index (κ1) is 13.9. The van der Waals surface area contributed by atoms with Gasteiger partial charge in [0.1, 0.15) is 0 Å². The first-order chi connectivity index (χ1) is 8.66. The Morgan fingerprint density at radius 3 is 3.00 bits per heavy atom. The molecule has 3 heteroatoms. The van der Waals surface area contributed by atoms with E-state index >= 15 is 0 Å². The molecule has 2 rings (SSSR count). The summed E-state index contributed by atoms with van der Waals surface area (Å²) in [5, 5.41) is 0.243. The van der Waals surface area contributed by atoms with Crippen molar-refractivity contribution in [3.8, 4) is 0 Å². The van der Waals surface area contributed by atoms with Crippen molar-refractivity contribution in [1.29, 1.82) is 0 Å². The monoisotopic (exact) mass is 267 g/mol. The molecule has 0 aliphatic carbocycles. The predicted molar refractivity (Wildman–Crippen MR) is 76.3 cm³/mol. The number of nitrogens with zero attached hydrogens (tertiary/aromatic N) is 1. The van der Waals surface area contributed by atoms with E-state index in [4.69, 9.17) is 16.3 Å². The van der Waals surface area contributed by atoms with Crippen LogP contribution in [0, 0.1) is 0 Å². The summed E-state index contributed by atoms with van der Waals surface area (Å²) in [4.78, 5) is 2.31. The van der Waals surface area contributed by atoms with E-state index in [1.807, 2.05) is 6.92 Å². The number of hydrogen-bond donors (Lipinski definition) is 0. The standard InChI is InChI=1S/C15H22ClNO/c1-12(16)7-9-17(2)11-15-14-6-4-3-5-13(14)8-10-18-15/h3-6,12,15H,7-11H2,1-2H3. The third-order valence-corrected chi connectivity index (χ3v) is 3.70. The first-order valence-corrected chi connectivity index (χ1v) is 7.12. The van der Waals surface area contributed by atoms with Gasteiger partial charge < -0.3 is 9.64 Å². The molecule has 0 radical (unpaired) electrons. The van der Waals surface area contributed by atoms with Crippen LogP contribution in [0.25, 0.3) is 0 Å². The maximum Gasteiger partial charge on any atom is 0.0954 e. The summed E-state index contributed by atoms with van der Waals surface area (Å²) in [6.07, 6.45) is 2.27. The van der Waals surface area contributed by atoms with Gasteiger partial charge in [-0.1, -0.05) is 24.3 Å². The zero-order valence-electron chi connectivity index (χ0n) is 11.2. The van der Waals surface area contributed by atoms with E-state index in [1.54, 1.807) is 0 Å². The lowest BCUT2D eigenvalue weighted by atomic mass is 9.97. The molecule has 1 aromatic carbocycles. The lowest BCUT2D eigenvalue weighted by molar-refractivity contribution is 0.0209. The summed E-state index contributed by atoms with van der Waals surface area (Å²) in [6, 6.07) is 8.62. The van der Waals surface area contributed by atoms with E-state index < -0.39 is 0 Å². The fourth-order valence-electron chi connectivity index (χ4n) is 2.40. The minimum absolute atomic E-state index is 0.214. The van der Waals surface area contributed by atoms with Gasteiger partial charge in [-0.25, -0.2) is 0 Å². The van der Waals surface area contributed by atoms with Gasteiger partial charge in [0.25, 0.3) is 0 Å². The minimum Gasteiger partial charge on any atom is -0.372 e. The Balaban J connectivity index is 1.94. The van der Waals surface area contributed by atoms with Gasteiger partial charge in [0.15, 0.2) is 0 Å². The van der Waals surface area contributed by atoms with Crippen LogP contribution in [0.15, 0.2) is 24.3 Å². The Hall–Kier alpha value is -0.570. The zero-order chi connectivity index (χ0) is 13.0. The average molecular weight is 268 g/mol. The van der Waals surface area contributed by atoms with Crippen molar-refractivity contribution in [2.75, 3.05) is 26.7 Å². The number of likely N-dealkylation sites (N-methyl/N-ethyl adjacent to an activating group) is 1. The van der Waals surface area contributed by atoms with Crippen LogP contribution >= 0.6 is 11.6 Å². The van der Waals surface area contributed by atoms with Crippen molar-refractivity contribution in [2.45, 2.75) is 31.2 Å². The highest BCUT2D eigenvalue weighted by Crippen LogP contribution is 2.27. The molecular weight excluding hydrogens is 246 g/mol. The van der Waals surface area contributed by atoms with E-state index in [-0.39, 0.29) is 11.5 Å². The number of hydrogen-bond acceptors (Lipinski definition) is 2. The van der Waals surface area contributed by atoms with Gasteiger partial charge in [0, 0.05) is 11.9 Å². The molecule has 18 heavy (non-hydrogen) atoms. The molecule has 0 spiro atoms. The van der Waals surface area contributed by atoms with E-state index in [2.05, 4.69) is 36.2 Å². The second-order valence-corrected chi connectivity index (χ2v) is 5.88. The van der Waals surface area contributed by atoms with E-state index in [0.29, 0.717) is 0 Å². The third kappa shape index (κ3) is 3.71. The molecule has 0 saturated heterocycles. The van der Waals surface area contributed by atoms with Crippen LogP contribution in [0.4, 0.5) is 0 Å². The van der Waals surface area contributed by atoms with Crippen LogP contribution in [0.5, 0.6) is 0 Å². The highest BCUT2D eigenvalue weighted by atomic mass is 35.5. The van der Waals surface area contributed by atoms with Crippen LogP contribution in [-0.4, -0.2) is 37.0 Å². The molecule has 2 unspecified atom stereocenters. The molecule has 2 nitrogen and oxygen atoms in total. The van der Waals surface area contributed by atoms with E-state index in [1.165, 1.54) is 11.1 Å². The number of rotatable bonds is 5. The normalized spacial score (nSPS) is 20.8. The van der Waals surface area contributed by atoms with Gasteiger partial charge in [0.2, 0.25) is 0 Å². The number of benzene rings is 1. The molecule has 0 aromatic heterocycles. The highest BCUT2D eigenvalue weighted by molar-refractivity contribution is 6.20. The van der Waals surface area contributed by atoms with E-state index in [9.17, 15) is 0 Å². The van der Waals surface area contributed by atoms with Gasteiger partial charge in [0.05, 0.1) is 12.7 Å². The molecule has 0 fully saturated rings. The van der Waals surface area contributed by atoms with Crippen LogP contribution < -0.4 is 0 Å². The van der Waals surface area contributed by atoms with Crippen molar-refractivity contribution < 1.29 is 4.74 Å². The van der Waals surface area contributed by atoms with Crippen molar-refractivity contribution in [2.24, 2.45) is 0 Å². The highest BCUT2D eigenvalue weighted by Gasteiger charge is 2.21. The van der Waals surface area contributed by atoms with E-state index in [0.717, 1.165) is 32.5 Å². The van der Waals surface area contributed by atoms with Gasteiger partial charge in [-0.2, -0.15) is 0 Å². The van der Waals surface area contributed by atoms with Crippen molar-refractivity contribution in [1.82, 2.24) is 4.90 Å². The van der Waals surface area contributed by atoms with Crippen molar-refractivity contribution >= 4 is 11.6 Å². The Morgan fingerprint density at radius 1 is 1.44 bits per heavy atom. The lowest BCUT2D eigenvalue weighted by Gasteiger charge is -2.29. The molecule has 1 aliphatic heterocycles. The second-order valence-electron chi connectivity index (χ2n) is 5.14.